The number of esters is 1. The molecule has 0 aromatic heterocycles. The summed E-state index contributed by atoms with van der Waals surface area (Å²) in [6.07, 6.45) is 0. The minimum absolute atomic E-state index is 0.540. The highest BCUT2D eigenvalue weighted by Gasteiger charge is 2.38. The van der Waals surface area contributed by atoms with E-state index in [1.54, 1.807) is 59.7 Å². The highest BCUT2D eigenvalue weighted by atomic mass is 16.7. The number of hydrogen-bond donors (Lipinski definition) is 1. The third-order valence-electron chi connectivity index (χ3n) is 3.63. The predicted molar refractivity (Wildman–Crippen MR) is 87.2 cm³/mol. The Labute approximate surface area is 141 Å². The molecular weight excluding hydrogens is 312 g/mol. The maximum absolute atomic E-state index is 12.3. The van der Waals surface area contributed by atoms with E-state index in [0.29, 0.717) is 17.1 Å². The Balaban J connectivity index is 2.27. The third kappa shape index (κ3) is 3.99. The fourth-order valence-electron chi connectivity index (χ4n) is 2.60. The second-order valence-corrected chi connectivity index (χ2v) is 7.45. The number of aliphatic carboxylic acids is 1. The highest BCUT2D eigenvalue weighted by molar-refractivity contribution is 5.95. The molecule has 0 radical (unpaired) electrons. The van der Waals surface area contributed by atoms with Crippen molar-refractivity contribution < 1.29 is 28.9 Å². The number of carbonyl (C=O) groups excluding carboxylic acids is 1. The molecule has 2 rings (SSSR count). The molecule has 1 heterocycles. The van der Waals surface area contributed by atoms with Crippen molar-refractivity contribution in [3.05, 3.63) is 23.8 Å². The average molecular weight is 336 g/mol. The van der Waals surface area contributed by atoms with Crippen molar-refractivity contribution in [2.75, 3.05) is 0 Å². The SMILES string of the molecule is CC(c1ccc2c(c1)OC(C)(C)O2)C(C(=O)O)C(=O)OC(C)(C)C. The molecule has 0 saturated carbocycles. The minimum Gasteiger partial charge on any atom is -0.481 e. The van der Waals surface area contributed by atoms with Crippen molar-refractivity contribution in [2.24, 2.45) is 5.92 Å². The summed E-state index contributed by atoms with van der Waals surface area (Å²) >= 11 is 0. The molecule has 6 nitrogen and oxygen atoms in total. The van der Waals surface area contributed by atoms with Gasteiger partial charge in [0.25, 0.3) is 0 Å². The van der Waals surface area contributed by atoms with E-state index in [9.17, 15) is 14.7 Å². The number of ether oxygens (including phenoxy) is 3. The first-order valence-electron chi connectivity index (χ1n) is 7.87. The first-order chi connectivity index (χ1) is 10.9. The third-order valence-corrected chi connectivity index (χ3v) is 3.63. The van der Waals surface area contributed by atoms with Crippen LogP contribution in [-0.2, 0) is 14.3 Å². The molecule has 1 aliphatic heterocycles. The van der Waals surface area contributed by atoms with Crippen LogP contribution in [0.4, 0.5) is 0 Å². The van der Waals surface area contributed by atoms with Gasteiger partial charge in [-0.3, -0.25) is 9.59 Å². The van der Waals surface area contributed by atoms with Crippen molar-refractivity contribution in [3.8, 4) is 11.5 Å². The molecule has 0 spiro atoms. The zero-order valence-corrected chi connectivity index (χ0v) is 14.9. The van der Waals surface area contributed by atoms with E-state index in [-0.39, 0.29) is 0 Å². The largest absolute Gasteiger partial charge is 0.481 e. The van der Waals surface area contributed by atoms with Crippen LogP contribution < -0.4 is 9.47 Å². The summed E-state index contributed by atoms with van der Waals surface area (Å²) < 4.78 is 16.6. The fourth-order valence-corrected chi connectivity index (χ4v) is 2.60. The van der Waals surface area contributed by atoms with Crippen LogP contribution in [0.2, 0.25) is 0 Å². The summed E-state index contributed by atoms with van der Waals surface area (Å²) in [6, 6.07) is 5.19. The predicted octanol–water partition coefficient (Wildman–Crippen LogP) is 3.34. The van der Waals surface area contributed by atoms with Crippen LogP contribution in [0.25, 0.3) is 0 Å². The molecule has 2 atom stereocenters. The van der Waals surface area contributed by atoms with Crippen LogP contribution in [-0.4, -0.2) is 28.4 Å². The van der Waals surface area contributed by atoms with Gasteiger partial charge in [0, 0.05) is 19.8 Å². The fraction of sp³-hybridized carbons (Fsp3) is 0.556. The van der Waals surface area contributed by atoms with E-state index >= 15 is 0 Å². The Hall–Kier alpha value is -2.24. The molecule has 1 aliphatic rings. The summed E-state index contributed by atoms with van der Waals surface area (Å²) in [4.78, 5) is 23.9. The van der Waals surface area contributed by atoms with Gasteiger partial charge in [-0.1, -0.05) is 13.0 Å². The summed E-state index contributed by atoms with van der Waals surface area (Å²) in [5, 5.41) is 9.49. The standard InChI is InChI=1S/C18H24O6/c1-10(14(15(19)20)16(21)24-17(2,3)4)11-7-8-12-13(9-11)23-18(5,6)22-12/h7-10,14H,1-6H3,(H,19,20). The molecule has 6 heteroatoms. The number of fused-ring (bicyclic) bond motifs is 1. The Morgan fingerprint density at radius 2 is 1.75 bits per heavy atom. The average Bonchev–Trinajstić information content (AvgIpc) is 2.68. The lowest BCUT2D eigenvalue weighted by Crippen LogP contribution is -2.35. The number of carboxylic acid groups (broad SMARTS) is 1. The molecule has 0 bridgehead atoms. The monoisotopic (exact) mass is 336 g/mol. The first kappa shape index (κ1) is 18.1. The molecule has 2 unspecified atom stereocenters. The molecule has 1 aromatic carbocycles. The second-order valence-electron chi connectivity index (χ2n) is 7.45. The van der Waals surface area contributed by atoms with Crippen molar-refractivity contribution >= 4 is 11.9 Å². The van der Waals surface area contributed by atoms with Gasteiger partial charge in [0.2, 0.25) is 5.79 Å². The normalized spacial score (nSPS) is 17.9. The summed E-state index contributed by atoms with van der Waals surface area (Å²) in [5.41, 5.74) is -0.0723. The highest BCUT2D eigenvalue weighted by Crippen LogP contribution is 2.41. The lowest BCUT2D eigenvalue weighted by atomic mass is 9.87. The smallest absolute Gasteiger partial charge is 0.321 e. The molecule has 1 aromatic rings. The van der Waals surface area contributed by atoms with Gasteiger partial charge in [-0.2, -0.15) is 0 Å². The maximum Gasteiger partial charge on any atom is 0.321 e. The van der Waals surface area contributed by atoms with Gasteiger partial charge in [0.05, 0.1) is 0 Å². The molecule has 0 saturated heterocycles. The Bertz CT molecular complexity index is 656. The van der Waals surface area contributed by atoms with E-state index < -0.39 is 35.2 Å². The van der Waals surface area contributed by atoms with Crippen LogP contribution >= 0.6 is 0 Å². The number of rotatable bonds is 4. The maximum atomic E-state index is 12.3. The van der Waals surface area contributed by atoms with Crippen LogP contribution in [0.1, 0.15) is 53.0 Å². The Morgan fingerprint density at radius 1 is 1.17 bits per heavy atom. The Kier molecular flexibility index (Phi) is 4.52. The van der Waals surface area contributed by atoms with E-state index in [4.69, 9.17) is 14.2 Å². The van der Waals surface area contributed by atoms with Gasteiger partial charge in [0.1, 0.15) is 5.60 Å². The molecule has 1 N–H and O–H groups in total. The van der Waals surface area contributed by atoms with Crippen LogP contribution in [0.3, 0.4) is 0 Å². The summed E-state index contributed by atoms with van der Waals surface area (Å²) in [6.45, 7) is 10.4. The van der Waals surface area contributed by atoms with Crippen molar-refractivity contribution in [2.45, 2.75) is 58.8 Å². The number of carboxylic acids is 1. The molecule has 132 valence electrons. The van der Waals surface area contributed by atoms with Gasteiger partial charge in [-0.05, 0) is 38.5 Å². The summed E-state index contributed by atoms with van der Waals surface area (Å²) in [5.74, 6) is -3.46. The van der Waals surface area contributed by atoms with Crippen LogP contribution in [0.5, 0.6) is 11.5 Å². The van der Waals surface area contributed by atoms with E-state index in [1.807, 2.05) is 0 Å². The van der Waals surface area contributed by atoms with Gasteiger partial charge < -0.3 is 19.3 Å². The van der Waals surface area contributed by atoms with E-state index in [2.05, 4.69) is 0 Å². The number of carbonyl (C=O) groups is 2. The van der Waals surface area contributed by atoms with Crippen LogP contribution in [0.15, 0.2) is 18.2 Å². The minimum atomic E-state index is -1.29. The van der Waals surface area contributed by atoms with E-state index in [1.165, 1.54) is 0 Å². The van der Waals surface area contributed by atoms with Gasteiger partial charge >= 0.3 is 11.9 Å². The first-order valence-corrected chi connectivity index (χ1v) is 7.87. The molecule has 0 fully saturated rings. The van der Waals surface area contributed by atoms with Crippen molar-refractivity contribution in [3.63, 3.8) is 0 Å². The van der Waals surface area contributed by atoms with Crippen molar-refractivity contribution in [1.82, 2.24) is 0 Å². The van der Waals surface area contributed by atoms with Gasteiger partial charge in [-0.25, -0.2) is 0 Å². The molecule has 0 amide bonds. The Morgan fingerprint density at radius 3 is 2.29 bits per heavy atom. The lowest BCUT2D eigenvalue weighted by Gasteiger charge is -2.25. The quantitative estimate of drug-likeness (QED) is 0.671. The number of benzene rings is 1. The van der Waals surface area contributed by atoms with Gasteiger partial charge in [0.15, 0.2) is 17.4 Å². The summed E-state index contributed by atoms with van der Waals surface area (Å²) in [7, 11) is 0. The van der Waals surface area contributed by atoms with Crippen molar-refractivity contribution in [1.29, 1.82) is 0 Å². The zero-order chi connectivity index (χ0) is 18.3. The number of hydrogen-bond acceptors (Lipinski definition) is 5. The van der Waals surface area contributed by atoms with E-state index in [0.717, 1.165) is 0 Å². The molecule has 0 aliphatic carbocycles. The van der Waals surface area contributed by atoms with Crippen LogP contribution in [0, 0.1) is 5.92 Å². The second kappa shape index (κ2) is 6.00. The topological polar surface area (TPSA) is 82.1 Å². The molecule has 24 heavy (non-hydrogen) atoms. The van der Waals surface area contributed by atoms with Gasteiger partial charge in [-0.15, -0.1) is 0 Å². The molecular formula is C18H24O6. The lowest BCUT2D eigenvalue weighted by molar-refractivity contribution is -0.167. The zero-order valence-electron chi connectivity index (χ0n) is 14.9.